The summed E-state index contributed by atoms with van der Waals surface area (Å²) in [5, 5.41) is 0. The minimum atomic E-state index is 1.08. The zero-order chi connectivity index (χ0) is 19.1. The van der Waals surface area contributed by atoms with Crippen molar-refractivity contribution in [2.75, 3.05) is 20.6 Å². The maximum Gasteiger partial charge on any atom is 0.0157 e. The Morgan fingerprint density at radius 3 is 1.15 bits per heavy atom. The Morgan fingerprint density at radius 2 is 0.808 bits per heavy atom. The highest BCUT2D eigenvalue weighted by atomic mass is 15.0. The largest absolute Gasteiger partial charge is 0.306 e. The van der Waals surface area contributed by atoms with Gasteiger partial charge in [0.1, 0.15) is 0 Å². The SMILES string of the molecule is CCCCCCCCCCCCCCCCCCCCC=CCN(C)C. The molecule has 0 aromatic rings. The fraction of sp³-hybridized carbons (Fsp3) is 0.920. The second kappa shape index (κ2) is 22.7. The van der Waals surface area contributed by atoms with Crippen molar-refractivity contribution in [3.8, 4) is 0 Å². The van der Waals surface area contributed by atoms with Crippen molar-refractivity contribution in [1.82, 2.24) is 4.90 Å². The van der Waals surface area contributed by atoms with E-state index in [1.54, 1.807) is 0 Å². The number of unbranched alkanes of at least 4 members (excludes halogenated alkanes) is 18. The third-order valence-corrected chi connectivity index (χ3v) is 5.36. The molecule has 0 spiro atoms. The molecular weight excluding hydrogens is 314 g/mol. The summed E-state index contributed by atoms with van der Waals surface area (Å²) in [5.41, 5.74) is 0. The molecule has 0 N–H and O–H groups in total. The average Bonchev–Trinajstić information content (AvgIpc) is 2.62. The third-order valence-electron chi connectivity index (χ3n) is 5.36. The van der Waals surface area contributed by atoms with Crippen molar-refractivity contribution in [3.63, 3.8) is 0 Å². The first-order valence-electron chi connectivity index (χ1n) is 12.1. The van der Waals surface area contributed by atoms with E-state index >= 15 is 0 Å². The summed E-state index contributed by atoms with van der Waals surface area (Å²) in [6.45, 7) is 3.38. The van der Waals surface area contributed by atoms with Crippen LogP contribution < -0.4 is 0 Å². The van der Waals surface area contributed by atoms with Gasteiger partial charge in [0.15, 0.2) is 0 Å². The lowest BCUT2D eigenvalue weighted by molar-refractivity contribution is 0.456. The summed E-state index contributed by atoms with van der Waals surface area (Å²) < 4.78 is 0. The van der Waals surface area contributed by atoms with Crippen LogP contribution in [0.4, 0.5) is 0 Å². The standard InChI is InChI=1S/C25H51N/c1-4-5-6-7-8-9-10-11-12-13-14-15-16-17-18-19-20-21-22-23-24-25-26(2)3/h23-24H,4-22,25H2,1-3H3. The molecule has 0 amide bonds. The fourth-order valence-electron chi connectivity index (χ4n) is 3.57. The molecule has 0 fully saturated rings. The molecule has 0 aliphatic heterocycles. The van der Waals surface area contributed by atoms with Gasteiger partial charge in [-0.1, -0.05) is 128 Å². The Balaban J connectivity index is 3.02. The Kier molecular flexibility index (Phi) is 22.5. The van der Waals surface area contributed by atoms with Crippen molar-refractivity contribution in [2.45, 2.75) is 129 Å². The quantitative estimate of drug-likeness (QED) is 0.145. The number of nitrogens with zero attached hydrogens (tertiary/aromatic N) is 1. The predicted molar refractivity (Wildman–Crippen MR) is 121 cm³/mol. The van der Waals surface area contributed by atoms with E-state index < -0.39 is 0 Å². The minimum Gasteiger partial charge on any atom is -0.306 e. The van der Waals surface area contributed by atoms with Crippen molar-refractivity contribution >= 4 is 0 Å². The van der Waals surface area contributed by atoms with E-state index in [1.165, 1.54) is 122 Å². The molecule has 156 valence electrons. The van der Waals surface area contributed by atoms with Gasteiger partial charge in [-0.2, -0.15) is 0 Å². The molecule has 0 aromatic heterocycles. The summed E-state index contributed by atoms with van der Waals surface area (Å²) in [7, 11) is 4.25. The Labute approximate surface area is 167 Å². The second-order valence-corrected chi connectivity index (χ2v) is 8.53. The lowest BCUT2D eigenvalue weighted by Crippen LogP contribution is -2.10. The second-order valence-electron chi connectivity index (χ2n) is 8.53. The van der Waals surface area contributed by atoms with Gasteiger partial charge in [0.25, 0.3) is 0 Å². The number of allylic oxidation sites excluding steroid dienone is 1. The molecule has 0 saturated carbocycles. The van der Waals surface area contributed by atoms with Crippen LogP contribution in [0.3, 0.4) is 0 Å². The first-order chi connectivity index (χ1) is 12.8. The topological polar surface area (TPSA) is 3.24 Å². The molecule has 1 heteroatoms. The van der Waals surface area contributed by atoms with Gasteiger partial charge in [0, 0.05) is 6.54 Å². The van der Waals surface area contributed by atoms with Crippen LogP contribution in [-0.2, 0) is 0 Å². The first kappa shape index (κ1) is 25.7. The third kappa shape index (κ3) is 23.7. The van der Waals surface area contributed by atoms with Crippen molar-refractivity contribution in [3.05, 3.63) is 12.2 Å². The summed E-state index contributed by atoms with van der Waals surface area (Å²) in [6, 6.07) is 0. The highest BCUT2D eigenvalue weighted by molar-refractivity contribution is 4.83. The van der Waals surface area contributed by atoms with Gasteiger partial charge >= 0.3 is 0 Å². The Hall–Kier alpha value is -0.300. The first-order valence-corrected chi connectivity index (χ1v) is 12.1. The highest BCUT2D eigenvalue weighted by Crippen LogP contribution is 2.14. The zero-order valence-electron chi connectivity index (χ0n) is 18.7. The molecule has 0 bridgehead atoms. The monoisotopic (exact) mass is 365 g/mol. The van der Waals surface area contributed by atoms with Gasteiger partial charge in [0.2, 0.25) is 0 Å². The lowest BCUT2D eigenvalue weighted by Gasteiger charge is -2.04. The highest BCUT2D eigenvalue weighted by Gasteiger charge is 1.95. The van der Waals surface area contributed by atoms with Gasteiger partial charge in [-0.3, -0.25) is 0 Å². The van der Waals surface area contributed by atoms with Crippen molar-refractivity contribution < 1.29 is 0 Å². The molecule has 0 rings (SSSR count). The van der Waals surface area contributed by atoms with Gasteiger partial charge < -0.3 is 4.90 Å². The number of likely N-dealkylation sites (N-methyl/N-ethyl adjacent to an activating group) is 1. The van der Waals surface area contributed by atoms with Crippen LogP contribution >= 0.6 is 0 Å². The molecule has 0 unspecified atom stereocenters. The lowest BCUT2D eigenvalue weighted by atomic mass is 10.0. The normalized spacial score (nSPS) is 11.8. The van der Waals surface area contributed by atoms with E-state index in [4.69, 9.17) is 0 Å². The summed E-state index contributed by atoms with van der Waals surface area (Å²) in [5.74, 6) is 0. The van der Waals surface area contributed by atoms with Crippen molar-refractivity contribution in [1.29, 1.82) is 0 Å². The van der Waals surface area contributed by atoms with E-state index in [2.05, 4.69) is 38.1 Å². The molecule has 0 aliphatic carbocycles. The molecule has 0 saturated heterocycles. The van der Waals surface area contributed by atoms with E-state index in [-0.39, 0.29) is 0 Å². The molecule has 0 radical (unpaired) electrons. The maximum atomic E-state index is 2.35. The molecule has 0 aromatic carbocycles. The zero-order valence-corrected chi connectivity index (χ0v) is 18.7. The van der Waals surface area contributed by atoms with E-state index in [9.17, 15) is 0 Å². The van der Waals surface area contributed by atoms with Gasteiger partial charge in [-0.05, 0) is 26.9 Å². The van der Waals surface area contributed by atoms with Gasteiger partial charge in [-0.25, -0.2) is 0 Å². The van der Waals surface area contributed by atoms with E-state index in [0.29, 0.717) is 0 Å². The smallest absolute Gasteiger partial charge is 0.0157 e. The Morgan fingerprint density at radius 1 is 0.462 bits per heavy atom. The Bertz CT molecular complexity index is 269. The predicted octanol–water partition coefficient (Wildman–Crippen LogP) is 8.54. The van der Waals surface area contributed by atoms with Crippen LogP contribution in [0.1, 0.15) is 129 Å². The molecule has 0 heterocycles. The van der Waals surface area contributed by atoms with Gasteiger partial charge in [0.05, 0.1) is 0 Å². The summed E-state index contributed by atoms with van der Waals surface area (Å²) >= 11 is 0. The van der Waals surface area contributed by atoms with Gasteiger partial charge in [-0.15, -0.1) is 0 Å². The maximum absolute atomic E-state index is 2.35. The van der Waals surface area contributed by atoms with E-state index in [0.717, 1.165) is 6.54 Å². The molecule has 26 heavy (non-hydrogen) atoms. The summed E-state index contributed by atoms with van der Waals surface area (Å²) in [6.07, 6.45) is 32.2. The number of hydrogen-bond acceptors (Lipinski definition) is 1. The van der Waals surface area contributed by atoms with Crippen LogP contribution in [0, 0.1) is 0 Å². The van der Waals surface area contributed by atoms with Crippen molar-refractivity contribution in [2.24, 2.45) is 0 Å². The number of rotatable bonds is 21. The van der Waals surface area contributed by atoms with Crippen LogP contribution in [0.5, 0.6) is 0 Å². The van der Waals surface area contributed by atoms with Crippen LogP contribution in [-0.4, -0.2) is 25.5 Å². The minimum absolute atomic E-state index is 1.08. The summed E-state index contributed by atoms with van der Waals surface area (Å²) in [4.78, 5) is 2.21. The fourth-order valence-corrected chi connectivity index (χ4v) is 3.57. The van der Waals surface area contributed by atoms with Crippen LogP contribution in [0.15, 0.2) is 12.2 Å². The van der Waals surface area contributed by atoms with Crippen LogP contribution in [0.2, 0.25) is 0 Å². The average molecular weight is 366 g/mol. The molecular formula is C25H51N. The number of hydrogen-bond donors (Lipinski definition) is 0. The van der Waals surface area contributed by atoms with E-state index in [1.807, 2.05) is 0 Å². The van der Waals surface area contributed by atoms with Crippen LogP contribution in [0.25, 0.3) is 0 Å². The molecule has 1 nitrogen and oxygen atoms in total. The molecule has 0 aliphatic rings. The molecule has 0 atom stereocenters.